The van der Waals surface area contributed by atoms with Gasteiger partial charge in [0, 0.05) is 25.8 Å². The fourth-order valence-electron chi connectivity index (χ4n) is 2.98. The number of rotatable bonds is 2. The highest BCUT2D eigenvalue weighted by Gasteiger charge is 2.32. The summed E-state index contributed by atoms with van der Waals surface area (Å²) < 4.78 is 0. The van der Waals surface area contributed by atoms with E-state index in [2.05, 4.69) is 65.4 Å². The Labute approximate surface area is 120 Å². The summed E-state index contributed by atoms with van der Waals surface area (Å²) in [5.41, 5.74) is 3.86. The standard InChI is InChI=1S/C17H21N3/c1-14-8-9-18-12-16(14)20-11-10-19-17(2,13-20)15-6-4-3-5-7-15/h3-9,12,19H,10-11,13H2,1-2H3. The van der Waals surface area contributed by atoms with Gasteiger partial charge >= 0.3 is 0 Å². The van der Waals surface area contributed by atoms with E-state index in [0.29, 0.717) is 0 Å². The number of hydrogen-bond acceptors (Lipinski definition) is 3. The molecule has 1 aliphatic heterocycles. The monoisotopic (exact) mass is 267 g/mol. The maximum Gasteiger partial charge on any atom is 0.0584 e. The zero-order valence-electron chi connectivity index (χ0n) is 12.1. The molecule has 2 heterocycles. The summed E-state index contributed by atoms with van der Waals surface area (Å²) in [7, 11) is 0. The molecule has 1 fully saturated rings. The number of nitrogens with zero attached hydrogens (tertiary/aromatic N) is 2. The van der Waals surface area contributed by atoms with Gasteiger partial charge in [-0.25, -0.2) is 0 Å². The van der Waals surface area contributed by atoms with Crippen molar-refractivity contribution in [2.45, 2.75) is 19.4 Å². The molecular weight excluding hydrogens is 246 g/mol. The van der Waals surface area contributed by atoms with Crippen LogP contribution in [-0.4, -0.2) is 24.6 Å². The highest BCUT2D eigenvalue weighted by atomic mass is 15.2. The van der Waals surface area contributed by atoms with Crippen LogP contribution in [-0.2, 0) is 5.54 Å². The van der Waals surface area contributed by atoms with Crippen molar-refractivity contribution in [2.24, 2.45) is 0 Å². The third-order valence-electron chi connectivity index (χ3n) is 4.17. The first-order valence-electron chi connectivity index (χ1n) is 7.15. The molecule has 2 aromatic rings. The van der Waals surface area contributed by atoms with Crippen LogP contribution in [0.2, 0.25) is 0 Å². The van der Waals surface area contributed by atoms with E-state index in [9.17, 15) is 0 Å². The number of pyridine rings is 1. The topological polar surface area (TPSA) is 28.2 Å². The van der Waals surface area contributed by atoms with Crippen molar-refractivity contribution in [3.05, 3.63) is 59.9 Å². The van der Waals surface area contributed by atoms with Gasteiger partial charge < -0.3 is 10.2 Å². The van der Waals surface area contributed by atoms with Crippen molar-refractivity contribution in [1.82, 2.24) is 10.3 Å². The van der Waals surface area contributed by atoms with E-state index in [-0.39, 0.29) is 5.54 Å². The highest BCUT2D eigenvalue weighted by Crippen LogP contribution is 2.28. The van der Waals surface area contributed by atoms with E-state index < -0.39 is 0 Å². The van der Waals surface area contributed by atoms with Gasteiger partial charge in [0.1, 0.15) is 0 Å². The van der Waals surface area contributed by atoms with Crippen molar-refractivity contribution in [3.8, 4) is 0 Å². The normalized spacial score (nSPS) is 22.8. The second-order valence-corrected chi connectivity index (χ2v) is 5.71. The molecule has 1 N–H and O–H groups in total. The van der Waals surface area contributed by atoms with E-state index in [4.69, 9.17) is 0 Å². The molecule has 1 unspecified atom stereocenters. The molecule has 0 radical (unpaired) electrons. The first kappa shape index (κ1) is 13.1. The Morgan fingerprint density at radius 2 is 2.00 bits per heavy atom. The molecule has 20 heavy (non-hydrogen) atoms. The van der Waals surface area contributed by atoms with Gasteiger partial charge in [0.25, 0.3) is 0 Å². The van der Waals surface area contributed by atoms with Gasteiger partial charge in [0.15, 0.2) is 0 Å². The first-order valence-corrected chi connectivity index (χ1v) is 7.15. The van der Waals surface area contributed by atoms with Crippen LogP contribution < -0.4 is 10.2 Å². The predicted molar refractivity (Wildman–Crippen MR) is 83.0 cm³/mol. The van der Waals surface area contributed by atoms with E-state index in [1.54, 1.807) is 0 Å². The fourth-order valence-corrected chi connectivity index (χ4v) is 2.98. The van der Waals surface area contributed by atoms with Gasteiger partial charge in [-0.15, -0.1) is 0 Å². The third kappa shape index (κ3) is 2.41. The summed E-state index contributed by atoms with van der Waals surface area (Å²) in [6.45, 7) is 7.40. The Hall–Kier alpha value is -1.87. The lowest BCUT2D eigenvalue weighted by Gasteiger charge is -2.43. The summed E-state index contributed by atoms with van der Waals surface area (Å²) in [5, 5.41) is 3.67. The van der Waals surface area contributed by atoms with Crippen LogP contribution >= 0.6 is 0 Å². The fraction of sp³-hybridized carbons (Fsp3) is 0.353. The lowest BCUT2D eigenvalue weighted by atomic mass is 9.89. The molecule has 1 aromatic carbocycles. The smallest absolute Gasteiger partial charge is 0.0584 e. The molecule has 0 aliphatic carbocycles. The summed E-state index contributed by atoms with van der Waals surface area (Å²) >= 11 is 0. The van der Waals surface area contributed by atoms with Gasteiger partial charge in [0.2, 0.25) is 0 Å². The second kappa shape index (κ2) is 5.25. The van der Waals surface area contributed by atoms with Crippen LogP contribution in [0.5, 0.6) is 0 Å². The predicted octanol–water partition coefficient (Wildman–Crippen LogP) is 2.72. The van der Waals surface area contributed by atoms with Gasteiger partial charge in [-0.1, -0.05) is 30.3 Å². The van der Waals surface area contributed by atoms with Crippen LogP contribution in [0.1, 0.15) is 18.1 Å². The Bertz CT molecular complexity index is 582. The van der Waals surface area contributed by atoms with E-state index in [0.717, 1.165) is 19.6 Å². The minimum Gasteiger partial charge on any atom is -0.367 e. The average molecular weight is 267 g/mol. The lowest BCUT2D eigenvalue weighted by molar-refractivity contribution is 0.332. The van der Waals surface area contributed by atoms with Crippen molar-refractivity contribution in [2.75, 3.05) is 24.5 Å². The molecule has 0 bridgehead atoms. The molecule has 3 nitrogen and oxygen atoms in total. The van der Waals surface area contributed by atoms with Crippen LogP contribution in [0.25, 0.3) is 0 Å². The van der Waals surface area contributed by atoms with Gasteiger partial charge in [-0.2, -0.15) is 0 Å². The third-order valence-corrected chi connectivity index (χ3v) is 4.17. The molecule has 1 aromatic heterocycles. The van der Waals surface area contributed by atoms with Crippen molar-refractivity contribution in [3.63, 3.8) is 0 Å². The molecule has 1 atom stereocenters. The molecule has 0 saturated carbocycles. The highest BCUT2D eigenvalue weighted by molar-refractivity contribution is 5.52. The number of aryl methyl sites for hydroxylation is 1. The molecule has 0 spiro atoms. The van der Waals surface area contributed by atoms with Gasteiger partial charge in [-0.3, -0.25) is 4.98 Å². The van der Waals surface area contributed by atoms with Crippen LogP contribution in [0, 0.1) is 6.92 Å². The Morgan fingerprint density at radius 3 is 2.75 bits per heavy atom. The quantitative estimate of drug-likeness (QED) is 0.907. The van der Waals surface area contributed by atoms with Crippen molar-refractivity contribution < 1.29 is 0 Å². The number of benzene rings is 1. The minimum atomic E-state index is -0.0121. The number of hydrogen-bond donors (Lipinski definition) is 1. The van der Waals surface area contributed by atoms with Gasteiger partial charge in [-0.05, 0) is 31.0 Å². The Morgan fingerprint density at radius 1 is 1.20 bits per heavy atom. The largest absolute Gasteiger partial charge is 0.367 e. The van der Waals surface area contributed by atoms with Crippen LogP contribution in [0.15, 0.2) is 48.8 Å². The average Bonchev–Trinajstić information content (AvgIpc) is 2.49. The van der Waals surface area contributed by atoms with E-state index >= 15 is 0 Å². The summed E-state index contributed by atoms with van der Waals surface area (Å²) in [5.74, 6) is 0. The van der Waals surface area contributed by atoms with Crippen molar-refractivity contribution in [1.29, 1.82) is 0 Å². The molecule has 0 amide bonds. The first-order chi connectivity index (χ1) is 9.69. The van der Waals surface area contributed by atoms with Crippen LogP contribution in [0.4, 0.5) is 5.69 Å². The zero-order chi connectivity index (χ0) is 14.0. The van der Waals surface area contributed by atoms with E-state index in [1.165, 1.54) is 16.8 Å². The maximum atomic E-state index is 4.28. The summed E-state index contributed by atoms with van der Waals surface area (Å²) in [6.07, 6.45) is 3.84. The molecule has 1 saturated heterocycles. The molecule has 3 rings (SSSR count). The lowest BCUT2D eigenvalue weighted by Crippen LogP contribution is -2.57. The molecule has 1 aliphatic rings. The number of anilines is 1. The molecule has 3 heteroatoms. The summed E-state index contributed by atoms with van der Waals surface area (Å²) in [4.78, 5) is 6.72. The van der Waals surface area contributed by atoms with Gasteiger partial charge in [0.05, 0.1) is 17.4 Å². The van der Waals surface area contributed by atoms with Crippen LogP contribution in [0.3, 0.4) is 0 Å². The Balaban J connectivity index is 1.89. The minimum absolute atomic E-state index is 0.0121. The SMILES string of the molecule is Cc1ccncc1N1CCNC(C)(c2ccccc2)C1. The number of nitrogens with one attached hydrogen (secondary N) is 1. The molecule has 104 valence electrons. The van der Waals surface area contributed by atoms with Crippen molar-refractivity contribution >= 4 is 5.69 Å². The number of piperazine rings is 1. The zero-order valence-corrected chi connectivity index (χ0v) is 12.1. The van der Waals surface area contributed by atoms with E-state index in [1.807, 2.05) is 12.4 Å². The maximum absolute atomic E-state index is 4.28. The second-order valence-electron chi connectivity index (χ2n) is 5.71. The Kier molecular flexibility index (Phi) is 3.45. The molecular formula is C17H21N3. The summed E-state index contributed by atoms with van der Waals surface area (Å²) in [6, 6.07) is 12.8. The number of aromatic nitrogens is 1.